The summed E-state index contributed by atoms with van der Waals surface area (Å²) >= 11 is 0. The Morgan fingerprint density at radius 1 is 1.25 bits per heavy atom. The van der Waals surface area contributed by atoms with Crippen molar-refractivity contribution in [2.24, 2.45) is 17.3 Å². The highest BCUT2D eigenvalue weighted by Gasteiger charge is 2.58. The zero-order valence-corrected chi connectivity index (χ0v) is 18.8. The van der Waals surface area contributed by atoms with Crippen molar-refractivity contribution in [1.82, 2.24) is 0 Å². The van der Waals surface area contributed by atoms with Gasteiger partial charge in [0.25, 0.3) is 0 Å². The van der Waals surface area contributed by atoms with Gasteiger partial charge in [0.15, 0.2) is 11.5 Å². The van der Waals surface area contributed by atoms with Gasteiger partial charge < -0.3 is 19.3 Å². The van der Waals surface area contributed by atoms with Crippen LogP contribution in [0, 0.1) is 24.2 Å². The van der Waals surface area contributed by atoms with Crippen molar-refractivity contribution in [2.45, 2.75) is 84.5 Å². The lowest BCUT2D eigenvalue weighted by molar-refractivity contribution is -0.102. The molecule has 0 amide bonds. The molecule has 4 heteroatoms. The van der Waals surface area contributed by atoms with Crippen LogP contribution in [0.25, 0.3) is 0 Å². The molecule has 4 nitrogen and oxygen atoms in total. The van der Waals surface area contributed by atoms with E-state index in [1.807, 2.05) is 6.07 Å². The molecular weight excluding hydrogens is 352 g/mol. The van der Waals surface area contributed by atoms with Gasteiger partial charge in [0.1, 0.15) is 6.10 Å². The van der Waals surface area contributed by atoms with Crippen LogP contribution in [-0.4, -0.2) is 37.6 Å². The molecule has 1 fully saturated rings. The second-order valence-corrected chi connectivity index (χ2v) is 10.2. The smallest absolute Gasteiger partial charge is 0.165 e. The van der Waals surface area contributed by atoms with E-state index in [2.05, 4.69) is 47.6 Å². The molecule has 0 radical (unpaired) electrons. The van der Waals surface area contributed by atoms with Gasteiger partial charge in [0, 0.05) is 24.0 Å². The molecule has 1 saturated carbocycles. The van der Waals surface area contributed by atoms with Crippen molar-refractivity contribution in [3.05, 3.63) is 23.3 Å². The Bertz CT molecular complexity index is 707. The molecule has 3 rings (SSSR count). The van der Waals surface area contributed by atoms with Crippen LogP contribution in [0.15, 0.2) is 12.1 Å². The minimum atomic E-state index is -0.483. The molecular formula is C24H38O4. The molecule has 0 bridgehead atoms. The fraction of sp³-hybridized carbons (Fsp3) is 0.750. The predicted octanol–water partition coefficient (Wildman–Crippen LogP) is 4.88. The Hall–Kier alpha value is -1.26. The number of hydrogen-bond donors (Lipinski definition) is 1. The summed E-state index contributed by atoms with van der Waals surface area (Å²) in [7, 11) is 3.45. The van der Waals surface area contributed by atoms with Gasteiger partial charge in [0.2, 0.25) is 0 Å². The van der Waals surface area contributed by atoms with Gasteiger partial charge in [-0.15, -0.1) is 0 Å². The molecule has 0 saturated heterocycles. The first-order valence-electron chi connectivity index (χ1n) is 10.6. The van der Waals surface area contributed by atoms with Gasteiger partial charge in [0.05, 0.1) is 19.3 Å². The Kier molecular flexibility index (Phi) is 5.77. The number of methoxy groups -OCH3 is 2. The van der Waals surface area contributed by atoms with E-state index in [0.29, 0.717) is 5.92 Å². The molecule has 1 aliphatic heterocycles. The van der Waals surface area contributed by atoms with Gasteiger partial charge in [-0.3, -0.25) is 0 Å². The van der Waals surface area contributed by atoms with Crippen molar-refractivity contribution in [1.29, 1.82) is 0 Å². The van der Waals surface area contributed by atoms with Crippen LogP contribution >= 0.6 is 0 Å². The fourth-order valence-electron chi connectivity index (χ4n) is 5.72. The third kappa shape index (κ3) is 3.33. The van der Waals surface area contributed by atoms with Crippen LogP contribution in [0.1, 0.15) is 65.0 Å². The lowest BCUT2D eigenvalue weighted by atomic mass is 9.68. The quantitative estimate of drug-likeness (QED) is 0.778. The molecule has 1 aromatic carbocycles. The summed E-state index contributed by atoms with van der Waals surface area (Å²) in [5.74, 6) is 2.26. The SMILES string of the molecule is COc1ccc(C)c2c1O[C@@H](C(OC)[C@H](C)C(O)C(C)(C)C)[C@]21CCC(C)C1. The Morgan fingerprint density at radius 2 is 1.93 bits per heavy atom. The predicted molar refractivity (Wildman–Crippen MR) is 112 cm³/mol. The Labute approximate surface area is 170 Å². The summed E-state index contributed by atoms with van der Waals surface area (Å²) in [6.45, 7) is 12.8. The van der Waals surface area contributed by atoms with Crippen LogP contribution in [0.2, 0.25) is 0 Å². The monoisotopic (exact) mass is 390 g/mol. The highest BCUT2D eigenvalue weighted by molar-refractivity contribution is 5.58. The average Bonchev–Trinajstić information content (AvgIpc) is 3.17. The van der Waals surface area contributed by atoms with E-state index in [4.69, 9.17) is 14.2 Å². The molecule has 2 aliphatic rings. The van der Waals surface area contributed by atoms with Crippen LogP contribution in [-0.2, 0) is 10.2 Å². The number of benzene rings is 1. The second-order valence-electron chi connectivity index (χ2n) is 10.2. The normalized spacial score (nSPS) is 30.0. The first-order chi connectivity index (χ1) is 13.1. The number of rotatable bonds is 5. The highest BCUT2D eigenvalue weighted by atomic mass is 16.6. The van der Waals surface area contributed by atoms with Gasteiger partial charge >= 0.3 is 0 Å². The molecule has 1 heterocycles. The number of aliphatic hydroxyl groups is 1. The molecule has 1 spiro atoms. The first-order valence-corrected chi connectivity index (χ1v) is 10.6. The zero-order chi connectivity index (χ0) is 20.9. The van der Waals surface area contributed by atoms with E-state index in [1.54, 1.807) is 14.2 Å². The summed E-state index contributed by atoms with van der Waals surface area (Å²) in [4.78, 5) is 0. The van der Waals surface area contributed by atoms with Crippen molar-refractivity contribution in [3.63, 3.8) is 0 Å². The summed E-state index contributed by atoms with van der Waals surface area (Å²) < 4.78 is 18.4. The number of fused-ring (bicyclic) bond motifs is 2. The highest BCUT2D eigenvalue weighted by Crippen LogP contribution is 2.59. The third-order valence-electron chi connectivity index (χ3n) is 7.11. The van der Waals surface area contributed by atoms with E-state index in [0.717, 1.165) is 24.3 Å². The number of ether oxygens (including phenoxy) is 3. The first kappa shape index (κ1) is 21.4. The second kappa shape index (κ2) is 7.53. The largest absolute Gasteiger partial charge is 0.493 e. The zero-order valence-electron chi connectivity index (χ0n) is 18.8. The number of aliphatic hydroxyl groups excluding tert-OH is 1. The van der Waals surface area contributed by atoms with Gasteiger partial charge in [-0.1, -0.05) is 40.7 Å². The summed E-state index contributed by atoms with van der Waals surface area (Å²) in [5, 5.41) is 11.0. The molecule has 0 aromatic heterocycles. The van der Waals surface area contributed by atoms with Crippen molar-refractivity contribution in [3.8, 4) is 11.5 Å². The minimum absolute atomic E-state index is 0.0524. The summed E-state index contributed by atoms with van der Waals surface area (Å²) in [6, 6.07) is 4.14. The topological polar surface area (TPSA) is 47.9 Å². The number of aryl methyl sites for hydroxylation is 1. The van der Waals surface area contributed by atoms with E-state index in [-0.39, 0.29) is 29.0 Å². The van der Waals surface area contributed by atoms with Gasteiger partial charge in [-0.05, 0) is 49.1 Å². The standard InChI is InChI=1S/C24H38O4/c1-14-11-12-24(13-14)18-15(2)9-10-17(26-7)20(18)28-22(24)19(27-8)16(3)21(25)23(4,5)6/h9-10,14,16,19,21-22,25H,11-13H2,1-8H3/t14?,16-,19?,21?,22-,24-/m0/s1. The van der Waals surface area contributed by atoms with E-state index in [1.165, 1.54) is 17.5 Å². The lowest BCUT2D eigenvalue weighted by Crippen LogP contribution is -2.52. The van der Waals surface area contributed by atoms with Crippen LogP contribution in [0.3, 0.4) is 0 Å². The Balaban J connectivity index is 2.09. The summed E-state index contributed by atoms with van der Waals surface area (Å²) in [5.41, 5.74) is 2.25. The lowest BCUT2D eigenvalue weighted by Gasteiger charge is -2.41. The molecule has 1 aromatic rings. The van der Waals surface area contributed by atoms with Crippen LogP contribution < -0.4 is 9.47 Å². The fourth-order valence-corrected chi connectivity index (χ4v) is 5.72. The van der Waals surface area contributed by atoms with Gasteiger partial charge in [-0.2, -0.15) is 0 Å². The number of hydrogen-bond acceptors (Lipinski definition) is 4. The molecule has 1 aliphatic carbocycles. The maximum atomic E-state index is 11.0. The third-order valence-corrected chi connectivity index (χ3v) is 7.11. The molecule has 1 N–H and O–H groups in total. The minimum Gasteiger partial charge on any atom is -0.493 e. The maximum Gasteiger partial charge on any atom is 0.165 e. The van der Waals surface area contributed by atoms with Crippen LogP contribution in [0.4, 0.5) is 0 Å². The van der Waals surface area contributed by atoms with Crippen molar-refractivity contribution < 1.29 is 19.3 Å². The van der Waals surface area contributed by atoms with E-state index >= 15 is 0 Å². The van der Waals surface area contributed by atoms with Gasteiger partial charge in [-0.25, -0.2) is 0 Å². The molecule has 6 atom stereocenters. The average molecular weight is 391 g/mol. The van der Waals surface area contributed by atoms with E-state index < -0.39 is 6.10 Å². The molecule has 3 unspecified atom stereocenters. The van der Waals surface area contributed by atoms with Crippen LogP contribution in [0.5, 0.6) is 11.5 Å². The van der Waals surface area contributed by atoms with Crippen molar-refractivity contribution >= 4 is 0 Å². The Morgan fingerprint density at radius 3 is 2.43 bits per heavy atom. The molecule has 158 valence electrons. The summed E-state index contributed by atoms with van der Waals surface area (Å²) in [6.07, 6.45) is 2.54. The van der Waals surface area contributed by atoms with E-state index in [9.17, 15) is 5.11 Å². The van der Waals surface area contributed by atoms with Crippen molar-refractivity contribution in [2.75, 3.05) is 14.2 Å². The molecule has 28 heavy (non-hydrogen) atoms. The maximum absolute atomic E-state index is 11.0.